The van der Waals surface area contributed by atoms with Gasteiger partial charge in [0.25, 0.3) is 5.91 Å². The minimum Gasteiger partial charge on any atom is -0.341 e. The van der Waals surface area contributed by atoms with Crippen molar-refractivity contribution >= 4 is 36.0 Å². The molecule has 0 aromatic heterocycles. The summed E-state index contributed by atoms with van der Waals surface area (Å²) in [5.74, 6) is 1.63. The highest BCUT2D eigenvalue weighted by molar-refractivity contribution is 7.98. The minimum absolute atomic E-state index is 0. The molecule has 1 saturated heterocycles. The number of likely N-dealkylation sites (tertiary alicyclic amines) is 1. The molecular weight excluding hydrogens is 394 g/mol. The topological polar surface area (TPSA) is 61.4 Å². The second-order valence-electron chi connectivity index (χ2n) is 7.62. The first-order valence-corrected chi connectivity index (χ1v) is 11.4. The summed E-state index contributed by atoms with van der Waals surface area (Å²) in [5, 5.41) is 6.61. The van der Waals surface area contributed by atoms with Gasteiger partial charge in [0.15, 0.2) is 0 Å². The van der Waals surface area contributed by atoms with Crippen molar-refractivity contribution in [3.8, 4) is 0 Å². The molecule has 0 radical (unpaired) electrons. The van der Waals surface area contributed by atoms with Crippen LogP contribution >= 0.6 is 24.2 Å². The molecule has 1 atom stereocenters. The van der Waals surface area contributed by atoms with Crippen LogP contribution in [-0.2, 0) is 4.79 Å². The van der Waals surface area contributed by atoms with Crippen LogP contribution in [0, 0.1) is 5.92 Å². The van der Waals surface area contributed by atoms with E-state index in [1.54, 1.807) is 23.9 Å². The zero-order valence-electron chi connectivity index (χ0n) is 16.6. The van der Waals surface area contributed by atoms with E-state index in [0.29, 0.717) is 18.0 Å². The van der Waals surface area contributed by atoms with Gasteiger partial charge in [-0.05, 0) is 68.7 Å². The van der Waals surface area contributed by atoms with Gasteiger partial charge in [0.2, 0.25) is 5.91 Å². The molecular formula is C21H32ClN3O2S. The van der Waals surface area contributed by atoms with Crippen molar-refractivity contribution in [2.24, 2.45) is 5.92 Å². The summed E-state index contributed by atoms with van der Waals surface area (Å²) in [6.07, 6.45) is 7.42. The van der Waals surface area contributed by atoms with Gasteiger partial charge in [0.1, 0.15) is 6.04 Å². The van der Waals surface area contributed by atoms with E-state index in [1.165, 1.54) is 12.8 Å². The van der Waals surface area contributed by atoms with Gasteiger partial charge in [-0.1, -0.05) is 18.2 Å². The minimum atomic E-state index is -0.443. The summed E-state index contributed by atoms with van der Waals surface area (Å²) in [6.45, 7) is 2.68. The summed E-state index contributed by atoms with van der Waals surface area (Å²) < 4.78 is 0. The second kappa shape index (κ2) is 11.7. The number of piperidine rings is 1. The molecule has 2 aliphatic rings. The molecule has 1 heterocycles. The lowest BCUT2D eigenvalue weighted by Crippen LogP contribution is -2.53. The molecule has 2 amide bonds. The molecule has 0 bridgehead atoms. The van der Waals surface area contributed by atoms with Gasteiger partial charge in [-0.25, -0.2) is 0 Å². The number of nitrogens with one attached hydrogen (secondary N) is 2. The van der Waals surface area contributed by atoms with Crippen LogP contribution in [0.1, 0.15) is 42.5 Å². The number of nitrogens with zero attached hydrogens (tertiary/aromatic N) is 1. The van der Waals surface area contributed by atoms with Crippen LogP contribution in [0.2, 0.25) is 0 Å². The first kappa shape index (κ1) is 23.0. The van der Waals surface area contributed by atoms with Gasteiger partial charge in [0, 0.05) is 24.7 Å². The predicted octanol–water partition coefficient (Wildman–Crippen LogP) is 2.95. The quantitative estimate of drug-likeness (QED) is 0.638. The fourth-order valence-electron chi connectivity index (χ4n) is 3.50. The number of carbonyl (C=O) groups excluding carboxylic acids is 2. The molecule has 2 fully saturated rings. The highest BCUT2D eigenvalue weighted by atomic mass is 35.5. The first-order valence-electron chi connectivity index (χ1n) is 10.0. The van der Waals surface area contributed by atoms with Crippen LogP contribution in [0.3, 0.4) is 0 Å². The summed E-state index contributed by atoms with van der Waals surface area (Å²) in [7, 11) is 0. The van der Waals surface area contributed by atoms with Gasteiger partial charge < -0.3 is 15.5 Å². The zero-order chi connectivity index (χ0) is 19.1. The number of rotatable bonds is 9. The van der Waals surface area contributed by atoms with E-state index in [1.807, 2.05) is 29.4 Å². The first-order chi connectivity index (χ1) is 13.2. The Morgan fingerprint density at radius 2 is 1.82 bits per heavy atom. The largest absolute Gasteiger partial charge is 0.341 e. The Hall–Kier alpha value is -1.24. The molecule has 1 saturated carbocycles. The Kier molecular flexibility index (Phi) is 9.62. The van der Waals surface area contributed by atoms with Crippen LogP contribution in [0.25, 0.3) is 0 Å². The average Bonchev–Trinajstić information content (AvgIpc) is 3.54. The number of benzene rings is 1. The van der Waals surface area contributed by atoms with Crippen LogP contribution < -0.4 is 10.6 Å². The second-order valence-corrected chi connectivity index (χ2v) is 8.61. The maximum absolute atomic E-state index is 13.0. The van der Waals surface area contributed by atoms with Crippen molar-refractivity contribution in [3.63, 3.8) is 0 Å². The predicted molar refractivity (Wildman–Crippen MR) is 118 cm³/mol. The Balaban J connectivity index is 0.00000280. The lowest BCUT2D eigenvalue weighted by Gasteiger charge is -2.35. The van der Waals surface area contributed by atoms with Gasteiger partial charge in [-0.2, -0.15) is 11.8 Å². The lowest BCUT2D eigenvalue weighted by atomic mass is 10.0. The summed E-state index contributed by atoms with van der Waals surface area (Å²) in [5.41, 5.74) is 0.599. The normalized spacial score (nSPS) is 18.2. The lowest BCUT2D eigenvalue weighted by molar-refractivity contribution is -0.134. The number of thioether (sulfide) groups is 1. The molecule has 0 spiro atoms. The SMILES string of the molecule is CSCCC(NC(=O)c1ccccc1)C(=O)N1CCC(NCC2CC2)CC1.Cl. The van der Waals surface area contributed by atoms with Crippen LogP contribution in [0.5, 0.6) is 0 Å². The van der Waals surface area contributed by atoms with E-state index in [0.717, 1.165) is 44.1 Å². The average molecular weight is 426 g/mol. The fourth-order valence-corrected chi connectivity index (χ4v) is 3.98. The number of hydrogen-bond donors (Lipinski definition) is 2. The van der Waals surface area contributed by atoms with Gasteiger partial charge in [0.05, 0.1) is 0 Å². The number of carbonyl (C=O) groups is 2. The van der Waals surface area contributed by atoms with Gasteiger partial charge in [-0.3, -0.25) is 9.59 Å². The summed E-state index contributed by atoms with van der Waals surface area (Å²) in [4.78, 5) is 27.5. The van der Waals surface area contributed by atoms with Gasteiger partial charge >= 0.3 is 0 Å². The maximum atomic E-state index is 13.0. The zero-order valence-corrected chi connectivity index (χ0v) is 18.2. The van der Waals surface area contributed by atoms with Gasteiger partial charge in [-0.15, -0.1) is 12.4 Å². The van der Waals surface area contributed by atoms with E-state index >= 15 is 0 Å². The smallest absolute Gasteiger partial charge is 0.251 e. The van der Waals surface area contributed by atoms with E-state index in [-0.39, 0.29) is 24.2 Å². The Labute approximate surface area is 178 Å². The number of hydrogen-bond acceptors (Lipinski definition) is 4. The molecule has 1 aliphatic heterocycles. The Bertz CT molecular complexity index is 619. The number of halogens is 1. The van der Waals surface area contributed by atoms with Crippen LogP contribution in [0.4, 0.5) is 0 Å². The van der Waals surface area contributed by atoms with E-state index < -0.39 is 6.04 Å². The van der Waals surface area contributed by atoms with Crippen molar-refractivity contribution in [1.29, 1.82) is 0 Å². The van der Waals surface area contributed by atoms with Crippen molar-refractivity contribution in [3.05, 3.63) is 35.9 Å². The van der Waals surface area contributed by atoms with E-state index in [9.17, 15) is 9.59 Å². The molecule has 7 heteroatoms. The fraction of sp³-hybridized carbons (Fsp3) is 0.619. The number of amides is 2. The molecule has 156 valence electrons. The van der Waals surface area contributed by atoms with Crippen molar-refractivity contribution in [1.82, 2.24) is 15.5 Å². The Morgan fingerprint density at radius 3 is 2.43 bits per heavy atom. The summed E-state index contributed by atoms with van der Waals surface area (Å²) >= 11 is 1.70. The third-order valence-corrected chi connectivity index (χ3v) is 6.09. The third kappa shape index (κ3) is 6.98. The molecule has 3 rings (SSSR count). The van der Waals surface area contributed by atoms with Crippen molar-refractivity contribution in [2.75, 3.05) is 31.6 Å². The Morgan fingerprint density at radius 1 is 1.14 bits per heavy atom. The molecule has 1 aliphatic carbocycles. The molecule has 1 unspecified atom stereocenters. The molecule has 1 aromatic carbocycles. The highest BCUT2D eigenvalue weighted by Crippen LogP contribution is 2.28. The van der Waals surface area contributed by atoms with E-state index in [2.05, 4.69) is 10.6 Å². The molecule has 5 nitrogen and oxygen atoms in total. The standard InChI is InChI=1S/C21H31N3O2S.ClH/c1-27-14-11-19(23-20(25)17-5-3-2-4-6-17)21(26)24-12-9-18(10-13-24)22-15-16-7-8-16;/h2-6,16,18-19,22H,7-15H2,1H3,(H,23,25);1H. The van der Waals surface area contributed by atoms with Crippen LogP contribution in [0.15, 0.2) is 30.3 Å². The van der Waals surface area contributed by atoms with E-state index in [4.69, 9.17) is 0 Å². The molecule has 2 N–H and O–H groups in total. The highest BCUT2D eigenvalue weighted by Gasteiger charge is 2.30. The monoisotopic (exact) mass is 425 g/mol. The van der Waals surface area contributed by atoms with Crippen molar-refractivity contribution < 1.29 is 9.59 Å². The van der Waals surface area contributed by atoms with Crippen LogP contribution in [-0.4, -0.2) is 60.4 Å². The summed E-state index contributed by atoms with van der Waals surface area (Å²) in [6, 6.07) is 9.21. The molecule has 28 heavy (non-hydrogen) atoms. The van der Waals surface area contributed by atoms with Crippen molar-refractivity contribution in [2.45, 2.75) is 44.2 Å². The third-order valence-electron chi connectivity index (χ3n) is 5.45. The maximum Gasteiger partial charge on any atom is 0.251 e. The molecule has 1 aromatic rings.